The minimum atomic E-state index is 0.543. The van der Waals surface area contributed by atoms with Crippen LogP contribution in [0, 0.1) is 0 Å². The third-order valence-corrected chi connectivity index (χ3v) is 3.42. The number of piperidine rings is 1. The van der Waals surface area contributed by atoms with E-state index in [0.717, 1.165) is 25.5 Å². The zero-order chi connectivity index (χ0) is 12.1. The first kappa shape index (κ1) is 12.3. The first-order valence-electron chi connectivity index (χ1n) is 6.57. The second-order valence-electron chi connectivity index (χ2n) is 4.65. The number of anilines is 1. The van der Waals surface area contributed by atoms with Gasteiger partial charge in [-0.1, -0.05) is 6.92 Å². The van der Waals surface area contributed by atoms with E-state index in [1.807, 2.05) is 19.4 Å². The summed E-state index contributed by atoms with van der Waals surface area (Å²) in [5.74, 6) is 0.891. The lowest BCUT2D eigenvalue weighted by Crippen LogP contribution is -2.45. The Labute approximate surface area is 103 Å². The van der Waals surface area contributed by atoms with Gasteiger partial charge in [0.25, 0.3) is 0 Å². The highest BCUT2D eigenvalue weighted by Gasteiger charge is 2.23. The Bertz CT molecular complexity index is 334. The normalized spacial score (nSPS) is 20.6. The average Bonchev–Trinajstić information content (AvgIpc) is 2.40. The Morgan fingerprint density at radius 2 is 2.12 bits per heavy atom. The van der Waals surface area contributed by atoms with Crippen LogP contribution in [0.1, 0.15) is 31.7 Å². The van der Waals surface area contributed by atoms with Crippen LogP contribution in [0.4, 0.5) is 5.95 Å². The molecule has 94 valence electrons. The zero-order valence-electron chi connectivity index (χ0n) is 10.8. The summed E-state index contributed by atoms with van der Waals surface area (Å²) < 4.78 is 0. The third kappa shape index (κ3) is 2.94. The molecule has 1 atom stereocenters. The number of aryl methyl sites for hydroxylation is 1. The quantitative estimate of drug-likeness (QED) is 0.859. The molecule has 2 rings (SSSR count). The summed E-state index contributed by atoms with van der Waals surface area (Å²) >= 11 is 0. The van der Waals surface area contributed by atoms with Crippen LogP contribution in [0.25, 0.3) is 0 Å². The van der Waals surface area contributed by atoms with Crippen molar-refractivity contribution in [1.29, 1.82) is 0 Å². The molecular weight excluding hydrogens is 212 g/mol. The predicted octanol–water partition coefficient (Wildman–Crippen LogP) is 1.62. The SMILES string of the molecule is CCc1cnc(N2CCCCC2CNC)nc1. The largest absolute Gasteiger partial charge is 0.337 e. The fourth-order valence-corrected chi connectivity index (χ4v) is 2.39. The summed E-state index contributed by atoms with van der Waals surface area (Å²) in [5.41, 5.74) is 1.20. The highest BCUT2D eigenvalue weighted by Crippen LogP contribution is 2.21. The molecule has 4 heteroatoms. The van der Waals surface area contributed by atoms with Crippen LogP contribution in [0.2, 0.25) is 0 Å². The van der Waals surface area contributed by atoms with Crippen molar-refractivity contribution >= 4 is 5.95 Å². The minimum Gasteiger partial charge on any atom is -0.337 e. The van der Waals surface area contributed by atoms with Crippen LogP contribution < -0.4 is 10.2 Å². The highest BCUT2D eigenvalue weighted by atomic mass is 15.3. The van der Waals surface area contributed by atoms with Gasteiger partial charge in [0, 0.05) is 31.5 Å². The zero-order valence-corrected chi connectivity index (χ0v) is 10.8. The van der Waals surface area contributed by atoms with E-state index in [-0.39, 0.29) is 0 Å². The number of hydrogen-bond acceptors (Lipinski definition) is 4. The first-order valence-corrected chi connectivity index (χ1v) is 6.57. The van der Waals surface area contributed by atoms with Gasteiger partial charge in [-0.25, -0.2) is 9.97 Å². The molecule has 1 aliphatic heterocycles. The van der Waals surface area contributed by atoms with Gasteiger partial charge >= 0.3 is 0 Å². The van der Waals surface area contributed by atoms with Crippen LogP contribution in [-0.2, 0) is 6.42 Å². The molecule has 1 N–H and O–H groups in total. The van der Waals surface area contributed by atoms with Crippen LogP contribution in [-0.4, -0.2) is 36.1 Å². The fraction of sp³-hybridized carbons (Fsp3) is 0.692. The molecule has 17 heavy (non-hydrogen) atoms. The molecule has 1 unspecified atom stereocenters. The van der Waals surface area contributed by atoms with Crippen LogP contribution >= 0.6 is 0 Å². The van der Waals surface area contributed by atoms with Crippen molar-refractivity contribution in [3.8, 4) is 0 Å². The smallest absolute Gasteiger partial charge is 0.225 e. The Morgan fingerprint density at radius 1 is 1.35 bits per heavy atom. The van der Waals surface area contributed by atoms with E-state index in [0.29, 0.717) is 6.04 Å². The molecule has 0 amide bonds. The molecule has 0 aliphatic carbocycles. The number of hydrogen-bond donors (Lipinski definition) is 1. The Hall–Kier alpha value is -1.16. The number of rotatable bonds is 4. The number of nitrogens with zero attached hydrogens (tertiary/aromatic N) is 3. The molecule has 0 bridgehead atoms. The van der Waals surface area contributed by atoms with Gasteiger partial charge in [0.2, 0.25) is 5.95 Å². The summed E-state index contributed by atoms with van der Waals surface area (Å²) in [7, 11) is 2.01. The van der Waals surface area contributed by atoms with Crippen molar-refractivity contribution in [2.24, 2.45) is 0 Å². The van der Waals surface area contributed by atoms with Gasteiger partial charge in [-0.3, -0.25) is 0 Å². The van der Waals surface area contributed by atoms with Crippen molar-refractivity contribution in [3.63, 3.8) is 0 Å². The molecule has 1 saturated heterocycles. The molecular formula is C13H22N4. The van der Waals surface area contributed by atoms with Gasteiger partial charge in [0.15, 0.2) is 0 Å². The second kappa shape index (κ2) is 5.96. The third-order valence-electron chi connectivity index (χ3n) is 3.42. The van der Waals surface area contributed by atoms with E-state index in [1.165, 1.54) is 24.8 Å². The van der Waals surface area contributed by atoms with Gasteiger partial charge < -0.3 is 10.2 Å². The lowest BCUT2D eigenvalue weighted by atomic mass is 10.0. The molecule has 0 spiro atoms. The van der Waals surface area contributed by atoms with Crippen LogP contribution in [0.3, 0.4) is 0 Å². The lowest BCUT2D eigenvalue weighted by Gasteiger charge is -2.35. The standard InChI is InChI=1S/C13H22N4/c1-3-11-8-15-13(16-9-11)17-7-5-4-6-12(17)10-14-2/h8-9,12,14H,3-7,10H2,1-2H3. The molecule has 0 radical (unpaired) electrons. The van der Waals surface area contributed by atoms with Crippen LogP contribution in [0.5, 0.6) is 0 Å². The minimum absolute atomic E-state index is 0.543. The maximum atomic E-state index is 4.49. The molecule has 1 aromatic heterocycles. The summed E-state index contributed by atoms with van der Waals surface area (Å²) in [6.45, 7) is 4.22. The van der Waals surface area contributed by atoms with Gasteiger partial charge in [-0.2, -0.15) is 0 Å². The van der Waals surface area contributed by atoms with Crippen molar-refractivity contribution in [2.45, 2.75) is 38.6 Å². The molecule has 1 fully saturated rings. The van der Waals surface area contributed by atoms with Gasteiger partial charge in [0.1, 0.15) is 0 Å². The topological polar surface area (TPSA) is 41.1 Å². The summed E-state index contributed by atoms with van der Waals surface area (Å²) in [6.07, 6.45) is 8.70. The maximum Gasteiger partial charge on any atom is 0.225 e. The number of likely N-dealkylation sites (N-methyl/N-ethyl adjacent to an activating group) is 1. The van der Waals surface area contributed by atoms with E-state index in [1.54, 1.807) is 0 Å². The number of nitrogens with one attached hydrogen (secondary N) is 1. The van der Waals surface area contributed by atoms with Gasteiger partial charge in [-0.05, 0) is 38.3 Å². The van der Waals surface area contributed by atoms with Gasteiger partial charge in [-0.15, -0.1) is 0 Å². The van der Waals surface area contributed by atoms with Crippen LogP contribution in [0.15, 0.2) is 12.4 Å². The second-order valence-corrected chi connectivity index (χ2v) is 4.65. The first-order chi connectivity index (χ1) is 8.35. The van der Waals surface area contributed by atoms with Crippen molar-refractivity contribution in [3.05, 3.63) is 18.0 Å². The Morgan fingerprint density at radius 3 is 2.76 bits per heavy atom. The monoisotopic (exact) mass is 234 g/mol. The van der Waals surface area contributed by atoms with E-state index in [4.69, 9.17) is 0 Å². The fourth-order valence-electron chi connectivity index (χ4n) is 2.39. The average molecular weight is 234 g/mol. The van der Waals surface area contributed by atoms with E-state index >= 15 is 0 Å². The molecule has 0 aromatic carbocycles. The molecule has 1 aromatic rings. The van der Waals surface area contributed by atoms with Crippen molar-refractivity contribution in [2.75, 3.05) is 25.0 Å². The lowest BCUT2D eigenvalue weighted by molar-refractivity contribution is 0.440. The number of aromatic nitrogens is 2. The van der Waals surface area contributed by atoms with Crippen molar-refractivity contribution < 1.29 is 0 Å². The van der Waals surface area contributed by atoms with E-state index in [2.05, 4.69) is 27.1 Å². The van der Waals surface area contributed by atoms with E-state index in [9.17, 15) is 0 Å². The Kier molecular flexibility index (Phi) is 4.31. The van der Waals surface area contributed by atoms with Gasteiger partial charge in [0.05, 0.1) is 0 Å². The Balaban J connectivity index is 2.11. The summed E-state index contributed by atoms with van der Waals surface area (Å²) in [5, 5.41) is 3.26. The molecule has 4 nitrogen and oxygen atoms in total. The molecule has 1 aliphatic rings. The summed E-state index contributed by atoms with van der Waals surface area (Å²) in [6, 6.07) is 0.543. The summed E-state index contributed by atoms with van der Waals surface area (Å²) in [4.78, 5) is 11.3. The highest BCUT2D eigenvalue weighted by molar-refractivity contribution is 5.32. The predicted molar refractivity (Wildman–Crippen MR) is 70.3 cm³/mol. The molecule has 0 saturated carbocycles. The van der Waals surface area contributed by atoms with Crippen molar-refractivity contribution in [1.82, 2.24) is 15.3 Å². The van der Waals surface area contributed by atoms with E-state index < -0.39 is 0 Å². The molecule has 2 heterocycles. The maximum absolute atomic E-state index is 4.49.